The normalized spacial score (nSPS) is 10.9. The van der Waals surface area contributed by atoms with E-state index in [1.54, 1.807) is 0 Å². The van der Waals surface area contributed by atoms with Gasteiger partial charge in [-0.2, -0.15) is 0 Å². The fraction of sp³-hybridized carbons (Fsp3) is 0.444. The van der Waals surface area contributed by atoms with Crippen LogP contribution in [0, 0.1) is 0 Å². The molecule has 1 N–H and O–H groups in total. The van der Waals surface area contributed by atoms with E-state index in [2.05, 4.69) is 55.6 Å². The number of hydrogen-bond acceptors (Lipinski definition) is 2. The van der Waals surface area contributed by atoms with E-state index < -0.39 is 0 Å². The van der Waals surface area contributed by atoms with Crippen molar-refractivity contribution < 1.29 is 4.74 Å². The molecule has 0 spiro atoms. The predicted molar refractivity (Wildman–Crippen MR) is 86.3 cm³/mol. The largest absolute Gasteiger partial charge is 0.493 e. The number of rotatable bonds is 8. The summed E-state index contributed by atoms with van der Waals surface area (Å²) in [6, 6.07) is 12.8. The Labute approximate surface area is 122 Å². The van der Waals surface area contributed by atoms with Crippen molar-refractivity contribution in [3.63, 3.8) is 0 Å². The van der Waals surface area contributed by atoms with Crippen molar-refractivity contribution in [2.24, 2.45) is 0 Å². The summed E-state index contributed by atoms with van der Waals surface area (Å²) in [7, 11) is 0. The molecule has 0 amide bonds. The van der Waals surface area contributed by atoms with Crippen LogP contribution in [0.3, 0.4) is 0 Å². The maximum absolute atomic E-state index is 5.91. The van der Waals surface area contributed by atoms with Gasteiger partial charge in [0.25, 0.3) is 0 Å². The van der Waals surface area contributed by atoms with Crippen molar-refractivity contribution in [1.29, 1.82) is 0 Å². The van der Waals surface area contributed by atoms with Gasteiger partial charge >= 0.3 is 0 Å². The summed E-state index contributed by atoms with van der Waals surface area (Å²) in [5.74, 6) is 1.02. The highest BCUT2D eigenvalue weighted by Gasteiger charge is 2.08. The van der Waals surface area contributed by atoms with Crippen LogP contribution in [-0.4, -0.2) is 13.2 Å². The Balaban J connectivity index is 2.24. The van der Waals surface area contributed by atoms with Crippen LogP contribution in [0.1, 0.15) is 38.7 Å². The molecule has 0 aliphatic rings. The Morgan fingerprint density at radius 3 is 2.65 bits per heavy atom. The van der Waals surface area contributed by atoms with Crippen LogP contribution in [0.2, 0.25) is 0 Å². The number of hydrogen-bond donors (Lipinski definition) is 1. The lowest BCUT2D eigenvalue weighted by Gasteiger charge is -2.14. The molecule has 0 saturated heterocycles. The van der Waals surface area contributed by atoms with E-state index in [9.17, 15) is 0 Å². The number of benzene rings is 2. The zero-order valence-electron chi connectivity index (χ0n) is 12.6. The molecular weight excluding hydrogens is 246 g/mol. The van der Waals surface area contributed by atoms with E-state index in [0.717, 1.165) is 31.9 Å². The smallest absolute Gasteiger partial charge is 0.124 e. The lowest BCUT2D eigenvalue weighted by Crippen LogP contribution is -2.15. The van der Waals surface area contributed by atoms with E-state index in [4.69, 9.17) is 4.74 Å². The quantitative estimate of drug-likeness (QED) is 0.713. The van der Waals surface area contributed by atoms with Crippen LogP contribution in [-0.2, 0) is 6.54 Å². The molecule has 0 bridgehead atoms. The van der Waals surface area contributed by atoms with E-state index in [-0.39, 0.29) is 0 Å². The van der Waals surface area contributed by atoms with Gasteiger partial charge in [0.15, 0.2) is 0 Å². The monoisotopic (exact) mass is 271 g/mol. The van der Waals surface area contributed by atoms with Gasteiger partial charge < -0.3 is 10.1 Å². The van der Waals surface area contributed by atoms with Crippen molar-refractivity contribution in [3.05, 3.63) is 42.0 Å². The molecule has 2 aromatic rings. The fourth-order valence-corrected chi connectivity index (χ4v) is 2.36. The third-order valence-corrected chi connectivity index (χ3v) is 3.47. The Morgan fingerprint density at radius 2 is 1.85 bits per heavy atom. The maximum atomic E-state index is 5.91. The minimum Gasteiger partial charge on any atom is -0.493 e. The number of fused-ring (bicyclic) bond motifs is 1. The van der Waals surface area contributed by atoms with Crippen LogP contribution in [0.25, 0.3) is 10.8 Å². The standard InChI is InChI=1S/C18H25NO/c1-3-5-12-19-14-17-16-9-7-6-8-15(16)10-11-18(17)20-13-4-2/h6-11,19H,3-5,12-14H2,1-2H3. The van der Waals surface area contributed by atoms with Crippen molar-refractivity contribution >= 4 is 10.8 Å². The molecule has 0 atom stereocenters. The Hall–Kier alpha value is -1.54. The molecule has 0 aliphatic heterocycles. The van der Waals surface area contributed by atoms with Crippen molar-refractivity contribution in [2.45, 2.75) is 39.7 Å². The summed E-state index contributed by atoms with van der Waals surface area (Å²) >= 11 is 0. The molecule has 2 aromatic carbocycles. The Kier molecular flexibility index (Phi) is 5.87. The van der Waals surface area contributed by atoms with Crippen molar-refractivity contribution in [3.8, 4) is 5.75 Å². The van der Waals surface area contributed by atoms with Crippen molar-refractivity contribution in [2.75, 3.05) is 13.2 Å². The molecule has 2 heteroatoms. The summed E-state index contributed by atoms with van der Waals surface area (Å²) in [6.07, 6.45) is 3.48. The predicted octanol–water partition coefficient (Wildman–Crippen LogP) is 4.52. The van der Waals surface area contributed by atoms with Gasteiger partial charge in [0.05, 0.1) is 6.61 Å². The highest BCUT2D eigenvalue weighted by molar-refractivity contribution is 5.87. The SMILES string of the molecule is CCCCNCc1c(OCCC)ccc2ccccc12. The Morgan fingerprint density at radius 1 is 1.00 bits per heavy atom. The minimum atomic E-state index is 0.778. The molecule has 0 fully saturated rings. The lowest BCUT2D eigenvalue weighted by molar-refractivity contribution is 0.314. The molecule has 2 nitrogen and oxygen atoms in total. The lowest BCUT2D eigenvalue weighted by atomic mass is 10.0. The zero-order chi connectivity index (χ0) is 14.2. The highest BCUT2D eigenvalue weighted by Crippen LogP contribution is 2.28. The first kappa shape index (κ1) is 14.9. The zero-order valence-corrected chi connectivity index (χ0v) is 12.6. The van der Waals surface area contributed by atoms with Gasteiger partial charge in [-0.15, -0.1) is 0 Å². The van der Waals surface area contributed by atoms with Crippen LogP contribution in [0.15, 0.2) is 36.4 Å². The first-order valence-corrected chi connectivity index (χ1v) is 7.71. The first-order valence-electron chi connectivity index (χ1n) is 7.71. The summed E-state index contributed by atoms with van der Waals surface area (Å²) < 4.78 is 5.91. The van der Waals surface area contributed by atoms with E-state index in [1.165, 1.54) is 29.2 Å². The molecule has 0 saturated carbocycles. The second-order valence-corrected chi connectivity index (χ2v) is 5.14. The number of ether oxygens (including phenoxy) is 1. The van der Waals surface area contributed by atoms with Gasteiger partial charge in [0.1, 0.15) is 5.75 Å². The number of unbranched alkanes of at least 4 members (excludes halogenated alkanes) is 1. The second kappa shape index (κ2) is 7.91. The number of nitrogens with one attached hydrogen (secondary N) is 1. The van der Waals surface area contributed by atoms with Gasteiger partial charge in [-0.3, -0.25) is 0 Å². The molecule has 2 rings (SSSR count). The molecule has 0 heterocycles. The molecular formula is C18H25NO. The van der Waals surface area contributed by atoms with Crippen molar-refractivity contribution in [1.82, 2.24) is 5.32 Å². The third kappa shape index (κ3) is 3.73. The average molecular weight is 271 g/mol. The molecule has 0 aliphatic carbocycles. The van der Waals surface area contributed by atoms with Gasteiger partial charge in [0.2, 0.25) is 0 Å². The van der Waals surface area contributed by atoms with Crippen LogP contribution in [0.5, 0.6) is 5.75 Å². The summed E-state index contributed by atoms with van der Waals surface area (Å²) in [4.78, 5) is 0. The molecule has 108 valence electrons. The summed E-state index contributed by atoms with van der Waals surface area (Å²) in [6.45, 7) is 7.07. The summed E-state index contributed by atoms with van der Waals surface area (Å²) in [5.41, 5.74) is 1.28. The fourth-order valence-electron chi connectivity index (χ4n) is 2.36. The van der Waals surface area contributed by atoms with Gasteiger partial charge in [0, 0.05) is 12.1 Å². The minimum absolute atomic E-state index is 0.778. The van der Waals surface area contributed by atoms with Gasteiger partial charge in [-0.25, -0.2) is 0 Å². The second-order valence-electron chi connectivity index (χ2n) is 5.14. The van der Waals surface area contributed by atoms with Gasteiger partial charge in [-0.1, -0.05) is 50.6 Å². The molecule has 0 radical (unpaired) electrons. The maximum Gasteiger partial charge on any atom is 0.124 e. The van der Waals surface area contributed by atoms with E-state index >= 15 is 0 Å². The molecule has 0 aromatic heterocycles. The highest BCUT2D eigenvalue weighted by atomic mass is 16.5. The average Bonchev–Trinajstić information content (AvgIpc) is 2.50. The van der Waals surface area contributed by atoms with Crippen LogP contribution in [0.4, 0.5) is 0 Å². The summed E-state index contributed by atoms with van der Waals surface area (Å²) in [5, 5.41) is 6.11. The Bertz CT molecular complexity index is 536. The van der Waals surface area contributed by atoms with Gasteiger partial charge in [-0.05, 0) is 36.2 Å². The van der Waals surface area contributed by atoms with E-state index in [1.807, 2.05) is 0 Å². The van der Waals surface area contributed by atoms with Crippen LogP contribution < -0.4 is 10.1 Å². The molecule has 20 heavy (non-hydrogen) atoms. The van der Waals surface area contributed by atoms with Crippen LogP contribution >= 0.6 is 0 Å². The third-order valence-electron chi connectivity index (χ3n) is 3.47. The van der Waals surface area contributed by atoms with E-state index in [0.29, 0.717) is 0 Å². The topological polar surface area (TPSA) is 21.3 Å². The first-order chi connectivity index (χ1) is 9.86. The molecule has 0 unspecified atom stereocenters.